The van der Waals surface area contributed by atoms with Crippen molar-refractivity contribution in [2.45, 2.75) is 33.6 Å². The molecule has 3 nitrogen and oxygen atoms in total. The predicted molar refractivity (Wildman–Crippen MR) is 76.4 cm³/mol. The number of rotatable bonds is 5. The van der Waals surface area contributed by atoms with E-state index in [1.54, 1.807) is 6.20 Å². The van der Waals surface area contributed by atoms with E-state index in [0.29, 0.717) is 0 Å². The monoisotopic (exact) mass is 300 g/mol. The molecule has 4 heteroatoms. The highest BCUT2D eigenvalue weighted by molar-refractivity contribution is 9.10. The van der Waals surface area contributed by atoms with Gasteiger partial charge >= 0.3 is 0 Å². The normalized spacial score (nSPS) is 11.1. The molecule has 0 fully saturated rings. The molecule has 0 saturated heterocycles. The lowest BCUT2D eigenvalue weighted by Gasteiger charge is -2.09. The lowest BCUT2D eigenvalue weighted by molar-refractivity contribution is -0.110. The molecule has 0 spiro atoms. The summed E-state index contributed by atoms with van der Waals surface area (Å²) in [6.45, 7) is 5.93. The third kappa shape index (κ3) is 5.82. The van der Waals surface area contributed by atoms with Crippen molar-refractivity contribution in [2.75, 3.05) is 12.4 Å². The first kappa shape index (κ1) is 16.1. The second-order valence-corrected chi connectivity index (χ2v) is 4.48. The number of carbonyl (C=O) groups excluding carboxylic acids is 1. The fourth-order valence-corrected chi connectivity index (χ4v) is 1.73. The fraction of sp³-hybridized carbons (Fsp3) is 0.538. The van der Waals surface area contributed by atoms with Gasteiger partial charge in [-0.3, -0.25) is 0 Å². The molecule has 0 aliphatic heterocycles. The molecule has 0 bridgehead atoms. The van der Waals surface area contributed by atoms with Crippen molar-refractivity contribution >= 4 is 28.0 Å². The molecule has 0 amide bonds. The Bertz CT molecular complexity index is 342. The molecule has 17 heavy (non-hydrogen) atoms. The smallest absolute Gasteiger partial charge is 0.128 e. The Morgan fingerprint density at radius 2 is 2.18 bits per heavy atom. The molecule has 1 aromatic rings. The zero-order chi connectivity index (χ0) is 13.3. The number of hydrogen-bond donors (Lipinski definition) is 1. The number of aldehydes is 1. The van der Waals surface area contributed by atoms with Gasteiger partial charge in [-0.15, -0.1) is 0 Å². The molecule has 1 aromatic heterocycles. The molecule has 0 saturated carbocycles. The molecule has 1 unspecified atom stereocenters. The molecule has 1 N–H and O–H groups in total. The van der Waals surface area contributed by atoms with Gasteiger partial charge in [0.1, 0.15) is 12.1 Å². The van der Waals surface area contributed by atoms with Crippen molar-refractivity contribution in [2.24, 2.45) is 5.92 Å². The number of nitrogens with one attached hydrogen (secondary N) is 1. The Morgan fingerprint density at radius 1 is 1.53 bits per heavy atom. The van der Waals surface area contributed by atoms with Gasteiger partial charge in [-0.1, -0.05) is 20.8 Å². The minimum Gasteiger partial charge on any atom is -0.373 e. The van der Waals surface area contributed by atoms with Crippen LogP contribution in [0.25, 0.3) is 0 Å². The van der Waals surface area contributed by atoms with E-state index in [1.165, 1.54) is 0 Å². The highest BCUT2D eigenvalue weighted by Gasteiger charge is 2.06. The number of halogens is 1. The van der Waals surface area contributed by atoms with Crippen molar-refractivity contribution in [1.29, 1.82) is 0 Å². The van der Waals surface area contributed by atoms with Crippen LogP contribution in [0.3, 0.4) is 0 Å². The van der Waals surface area contributed by atoms with Crippen LogP contribution < -0.4 is 5.32 Å². The molecule has 0 radical (unpaired) electrons. The second-order valence-electron chi connectivity index (χ2n) is 3.56. The van der Waals surface area contributed by atoms with Crippen molar-refractivity contribution in [3.8, 4) is 0 Å². The third-order valence-electron chi connectivity index (χ3n) is 2.27. The van der Waals surface area contributed by atoms with E-state index in [9.17, 15) is 4.79 Å². The number of nitrogens with zero attached hydrogens (tertiary/aromatic N) is 1. The van der Waals surface area contributed by atoms with Crippen LogP contribution in [0.2, 0.25) is 0 Å². The maximum Gasteiger partial charge on any atom is 0.128 e. The molecule has 96 valence electrons. The van der Waals surface area contributed by atoms with Gasteiger partial charge in [-0.25, -0.2) is 4.98 Å². The van der Waals surface area contributed by atoms with Crippen LogP contribution in [0.5, 0.6) is 0 Å². The van der Waals surface area contributed by atoms with Gasteiger partial charge in [0.2, 0.25) is 0 Å². The zero-order valence-electron chi connectivity index (χ0n) is 11.0. The number of anilines is 1. The Kier molecular flexibility index (Phi) is 8.68. The summed E-state index contributed by atoms with van der Waals surface area (Å²) in [6.07, 6.45) is 4.47. The van der Waals surface area contributed by atoms with E-state index in [2.05, 4.69) is 26.2 Å². The highest BCUT2D eigenvalue weighted by atomic mass is 79.9. The van der Waals surface area contributed by atoms with Gasteiger partial charge in [0, 0.05) is 23.6 Å². The van der Waals surface area contributed by atoms with Crippen LogP contribution in [0.1, 0.15) is 32.8 Å². The first-order chi connectivity index (χ1) is 8.17. The molecular formula is C13H21BrN2O. The molecule has 1 heterocycles. The lowest BCUT2D eigenvalue weighted by Crippen LogP contribution is -2.02. The summed E-state index contributed by atoms with van der Waals surface area (Å²) in [7, 11) is 1.85. The SMILES string of the molecule is CC.CNc1ncc(Br)cc1CCC(C)C=O. The van der Waals surface area contributed by atoms with Crippen LogP contribution in [-0.4, -0.2) is 18.3 Å². The van der Waals surface area contributed by atoms with Crippen molar-refractivity contribution in [1.82, 2.24) is 4.98 Å². The average Bonchev–Trinajstić information content (AvgIpc) is 2.38. The second kappa shape index (κ2) is 9.16. The number of pyridine rings is 1. The largest absolute Gasteiger partial charge is 0.373 e. The van der Waals surface area contributed by atoms with Crippen LogP contribution in [0.4, 0.5) is 5.82 Å². The lowest BCUT2D eigenvalue weighted by atomic mass is 10.0. The maximum absolute atomic E-state index is 10.5. The number of aromatic nitrogens is 1. The fourth-order valence-electron chi connectivity index (χ4n) is 1.35. The highest BCUT2D eigenvalue weighted by Crippen LogP contribution is 2.20. The topological polar surface area (TPSA) is 42.0 Å². The molecular weight excluding hydrogens is 280 g/mol. The Hall–Kier alpha value is -0.900. The Morgan fingerprint density at radius 3 is 2.71 bits per heavy atom. The van der Waals surface area contributed by atoms with E-state index in [1.807, 2.05) is 33.9 Å². The summed E-state index contributed by atoms with van der Waals surface area (Å²) in [5.41, 5.74) is 1.14. The van der Waals surface area contributed by atoms with E-state index in [0.717, 1.165) is 35.0 Å². The zero-order valence-corrected chi connectivity index (χ0v) is 12.5. The van der Waals surface area contributed by atoms with E-state index in [4.69, 9.17) is 0 Å². The van der Waals surface area contributed by atoms with E-state index < -0.39 is 0 Å². The van der Waals surface area contributed by atoms with Gasteiger partial charge in [0.25, 0.3) is 0 Å². The van der Waals surface area contributed by atoms with Gasteiger partial charge in [0.15, 0.2) is 0 Å². The maximum atomic E-state index is 10.5. The standard InChI is InChI=1S/C11H15BrN2O.C2H6/c1-8(7-15)3-4-9-5-10(12)6-14-11(9)13-2;1-2/h5-8H,3-4H2,1-2H3,(H,13,14);1-2H3. The van der Waals surface area contributed by atoms with E-state index in [-0.39, 0.29) is 5.92 Å². The molecule has 1 rings (SSSR count). The minimum absolute atomic E-state index is 0.105. The van der Waals surface area contributed by atoms with Gasteiger partial charge in [0.05, 0.1) is 0 Å². The van der Waals surface area contributed by atoms with Crippen molar-refractivity contribution < 1.29 is 4.79 Å². The summed E-state index contributed by atoms with van der Waals surface area (Å²) in [5.74, 6) is 0.991. The first-order valence-electron chi connectivity index (χ1n) is 5.95. The summed E-state index contributed by atoms with van der Waals surface area (Å²) < 4.78 is 0.968. The summed E-state index contributed by atoms with van der Waals surface area (Å²) >= 11 is 3.39. The first-order valence-corrected chi connectivity index (χ1v) is 6.74. The Labute approximate surface area is 112 Å². The number of carbonyl (C=O) groups is 1. The third-order valence-corrected chi connectivity index (χ3v) is 2.71. The average molecular weight is 301 g/mol. The van der Waals surface area contributed by atoms with Gasteiger partial charge < -0.3 is 10.1 Å². The van der Waals surface area contributed by atoms with Crippen LogP contribution in [-0.2, 0) is 11.2 Å². The predicted octanol–water partition coefficient (Wildman–Crippen LogP) is 3.68. The number of aryl methyl sites for hydroxylation is 1. The van der Waals surface area contributed by atoms with Gasteiger partial charge in [-0.2, -0.15) is 0 Å². The van der Waals surface area contributed by atoms with Gasteiger partial charge in [-0.05, 0) is 40.4 Å². The molecule has 0 aliphatic rings. The van der Waals surface area contributed by atoms with Crippen molar-refractivity contribution in [3.63, 3.8) is 0 Å². The number of hydrogen-bond acceptors (Lipinski definition) is 3. The summed E-state index contributed by atoms with van der Waals surface area (Å²) in [4.78, 5) is 14.8. The van der Waals surface area contributed by atoms with Crippen molar-refractivity contribution in [3.05, 3.63) is 22.3 Å². The quantitative estimate of drug-likeness (QED) is 0.844. The van der Waals surface area contributed by atoms with Crippen LogP contribution >= 0.6 is 15.9 Å². The van der Waals surface area contributed by atoms with Crippen LogP contribution in [0, 0.1) is 5.92 Å². The summed E-state index contributed by atoms with van der Waals surface area (Å²) in [5, 5.41) is 3.04. The molecule has 1 atom stereocenters. The molecule has 0 aliphatic carbocycles. The van der Waals surface area contributed by atoms with E-state index >= 15 is 0 Å². The minimum atomic E-state index is 0.105. The van der Waals surface area contributed by atoms with Crippen LogP contribution in [0.15, 0.2) is 16.7 Å². The Balaban J connectivity index is 0.00000121. The molecule has 0 aromatic carbocycles. The summed E-state index contributed by atoms with van der Waals surface area (Å²) in [6, 6.07) is 2.04.